The second-order valence-electron chi connectivity index (χ2n) is 6.88. The number of benzene rings is 2. The van der Waals surface area contributed by atoms with Crippen LogP contribution in [0.25, 0.3) is 0 Å². The van der Waals surface area contributed by atoms with Gasteiger partial charge in [0.15, 0.2) is 0 Å². The molecule has 0 aliphatic heterocycles. The zero-order valence-corrected chi connectivity index (χ0v) is 15.3. The zero-order chi connectivity index (χ0) is 19.3. The summed E-state index contributed by atoms with van der Waals surface area (Å²) >= 11 is 0. The summed E-state index contributed by atoms with van der Waals surface area (Å²) in [5, 5.41) is 0. The Bertz CT molecular complexity index is 739. The van der Waals surface area contributed by atoms with E-state index in [2.05, 4.69) is 4.74 Å². The van der Waals surface area contributed by atoms with E-state index in [0.29, 0.717) is 11.3 Å². The molecule has 0 aromatic heterocycles. The van der Waals surface area contributed by atoms with Gasteiger partial charge >= 0.3 is 6.61 Å². The molecule has 0 heterocycles. The fourth-order valence-electron chi connectivity index (χ4n) is 2.38. The van der Waals surface area contributed by atoms with Crippen molar-refractivity contribution in [1.82, 2.24) is 0 Å². The van der Waals surface area contributed by atoms with Crippen LogP contribution in [0.4, 0.5) is 14.5 Å². The molecule has 2 aromatic carbocycles. The number of carbonyl (C=O) groups is 1. The van der Waals surface area contributed by atoms with Crippen LogP contribution in [-0.4, -0.2) is 19.6 Å². The lowest BCUT2D eigenvalue weighted by atomic mass is 9.95. The lowest BCUT2D eigenvalue weighted by molar-refractivity contribution is -0.125. The van der Waals surface area contributed by atoms with E-state index in [4.69, 9.17) is 4.74 Å². The van der Waals surface area contributed by atoms with E-state index in [1.165, 1.54) is 6.07 Å². The van der Waals surface area contributed by atoms with Crippen LogP contribution >= 0.6 is 0 Å². The molecule has 1 amide bonds. The van der Waals surface area contributed by atoms with E-state index in [1.807, 2.05) is 20.8 Å². The largest absolute Gasteiger partial charge is 0.489 e. The Kier molecular flexibility index (Phi) is 6.18. The van der Waals surface area contributed by atoms with E-state index in [0.717, 1.165) is 5.69 Å². The molecule has 0 aliphatic carbocycles. The van der Waals surface area contributed by atoms with E-state index in [9.17, 15) is 13.6 Å². The SMILES string of the molecule is CN(C(=O)C(C)(C)C)c1ccc(OCc2ccccc2OC(F)F)cc1. The Labute approximate surface area is 152 Å². The highest BCUT2D eigenvalue weighted by Gasteiger charge is 2.25. The van der Waals surface area contributed by atoms with Crippen LogP contribution < -0.4 is 14.4 Å². The lowest BCUT2D eigenvalue weighted by Crippen LogP contribution is -2.36. The number of carbonyl (C=O) groups excluding carboxylic acids is 1. The number of alkyl halides is 2. The summed E-state index contributed by atoms with van der Waals surface area (Å²) in [6.45, 7) is 2.80. The van der Waals surface area contributed by atoms with Gasteiger partial charge in [-0.15, -0.1) is 0 Å². The number of anilines is 1. The second kappa shape index (κ2) is 8.17. The van der Waals surface area contributed by atoms with Crippen molar-refractivity contribution in [3.8, 4) is 11.5 Å². The Morgan fingerprint density at radius 2 is 1.69 bits per heavy atom. The molecule has 140 valence electrons. The Morgan fingerprint density at radius 1 is 1.08 bits per heavy atom. The minimum atomic E-state index is -2.88. The Morgan fingerprint density at radius 3 is 2.27 bits per heavy atom. The van der Waals surface area contributed by atoms with Gasteiger partial charge in [-0.05, 0) is 30.3 Å². The van der Waals surface area contributed by atoms with Gasteiger partial charge in [0.1, 0.15) is 18.1 Å². The molecule has 0 unspecified atom stereocenters. The molecule has 0 spiro atoms. The highest BCUT2D eigenvalue weighted by molar-refractivity contribution is 5.96. The van der Waals surface area contributed by atoms with Gasteiger partial charge in [0.25, 0.3) is 0 Å². The van der Waals surface area contributed by atoms with Gasteiger partial charge in [-0.25, -0.2) is 0 Å². The topological polar surface area (TPSA) is 38.8 Å². The molecular formula is C20H23F2NO3. The maximum absolute atomic E-state index is 12.4. The summed E-state index contributed by atoms with van der Waals surface area (Å²) in [5.41, 5.74) is 0.800. The molecular weight excluding hydrogens is 340 g/mol. The van der Waals surface area contributed by atoms with Gasteiger partial charge in [0.05, 0.1) is 0 Å². The first-order valence-corrected chi connectivity index (χ1v) is 8.22. The predicted octanol–water partition coefficient (Wildman–Crippen LogP) is 4.88. The van der Waals surface area contributed by atoms with E-state index >= 15 is 0 Å². The van der Waals surface area contributed by atoms with Gasteiger partial charge in [-0.1, -0.05) is 39.0 Å². The maximum Gasteiger partial charge on any atom is 0.387 e. The molecule has 0 atom stereocenters. The van der Waals surface area contributed by atoms with Gasteiger partial charge < -0.3 is 14.4 Å². The molecule has 0 radical (unpaired) electrons. The molecule has 0 saturated heterocycles. The first-order chi connectivity index (χ1) is 12.2. The second-order valence-corrected chi connectivity index (χ2v) is 6.88. The van der Waals surface area contributed by atoms with Crippen LogP contribution in [0.3, 0.4) is 0 Å². The first kappa shape index (κ1) is 19.7. The third-order valence-electron chi connectivity index (χ3n) is 3.75. The third kappa shape index (κ3) is 5.18. The number of hydrogen-bond donors (Lipinski definition) is 0. The average molecular weight is 363 g/mol. The molecule has 0 bridgehead atoms. The van der Waals surface area contributed by atoms with Crippen LogP contribution in [0.15, 0.2) is 48.5 Å². The molecule has 0 aliphatic rings. The van der Waals surface area contributed by atoms with Crippen molar-refractivity contribution in [3.05, 3.63) is 54.1 Å². The minimum Gasteiger partial charge on any atom is -0.489 e. The van der Waals surface area contributed by atoms with Crippen LogP contribution in [0, 0.1) is 5.41 Å². The molecule has 2 rings (SSSR count). The molecule has 0 N–H and O–H groups in total. The quantitative estimate of drug-likeness (QED) is 0.734. The van der Waals surface area contributed by atoms with Crippen molar-refractivity contribution in [2.24, 2.45) is 5.41 Å². The number of halogens is 2. The van der Waals surface area contributed by atoms with Gasteiger partial charge in [0.2, 0.25) is 5.91 Å². The predicted molar refractivity (Wildman–Crippen MR) is 96.7 cm³/mol. The molecule has 2 aromatic rings. The van der Waals surface area contributed by atoms with E-state index in [-0.39, 0.29) is 18.3 Å². The summed E-state index contributed by atoms with van der Waals surface area (Å²) in [4.78, 5) is 13.9. The van der Waals surface area contributed by atoms with Gasteiger partial charge in [0, 0.05) is 23.7 Å². The van der Waals surface area contributed by atoms with Crippen LogP contribution in [0.1, 0.15) is 26.3 Å². The third-order valence-corrected chi connectivity index (χ3v) is 3.75. The Balaban J connectivity index is 2.03. The summed E-state index contributed by atoms with van der Waals surface area (Å²) < 4.78 is 35.0. The highest BCUT2D eigenvalue weighted by Crippen LogP contribution is 2.26. The van der Waals surface area contributed by atoms with Gasteiger partial charge in [-0.2, -0.15) is 8.78 Å². The van der Waals surface area contributed by atoms with Crippen molar-refractivity contribution in [2.45, 2.75) is 34.0 Å². The average Bonchev–Trinajstić information content (AvgIpc) is 2.59. The minimum absolute atomic E-state index is 0.00393. The molecule has 0 saturated carbocycles. The number of nitrogens with zero attached hydrogens (tertiary/aromatic N) is 1. The van der Waals surface area contributed by atoms with Crippen LogP contribution in [-0.2, 0) is 11.4 Å². The van der Waals surface area contributed by atoms with E-state index in [1.54, 1.807) is 54.4 Å². The first-order valence-electron chi connectivity index (χ1n) is 8.22. The van der Waals surface area contributed by atoms with Crippen molar-refractivity contribution in [1.29, 1.82) is 0 Å². The standard InChI is InChI=1S/C20H23F2NO3/c1-20(2,3)18(24)23(4)15-9-11-16(12-10-15)25-13-14-7-5-6-8-17(14)26-19(21)22/h5-12,19H,13H2,1-4H3. The maximum atomic E-state index is 12.4. The highest BCUT2D eigenvalue weighted by atomic mass is 19.3. The number of para-hydroxylation sites is 1. The molecule has 4 nitrogen and oxygen atoms in total. The van der Waals surface area contributed by atoms with Crippen LogP contribution in [0.5, 0.6) is 11.5 Å². The number of ether oxygens (including phenoxy) is 2. The van der Waals surface area contributed by atoms with Crippen LogP contribution in [0.2, 0.25) is 0 Å². The number of hydrogen-bond acceptors (Lipinski definition) is 3. The smallest absolute Gasteiger partial charge is 0.387 e. The zero-order valence-electron chi connectivity index (χ0n) is 15.3. The number of amides is 1. The van der Waals surface area contributed by atoms with Crippen molar-refractivity contribution < 1.29 is 23.0 Å². The summed E-state index contributed by atoms with van der Waals surface area (Å²) in [7, 11) is 1.72. The van der Waals surface area contributed by atoms with Crippen molar-refractivity contribution >= 4 is 11.6 Å². The Hall–Kier alpha value is -2.63. The monoisotopic (exact) mass is 363 g/mol. The summed E-state index contributed by atoms with van der Waals surface area (Å²) in [6, 6.07) is 13.5. The molecule has 6 heteroatoms. The lowest BCUT2D eigenvalue weighted by Gasteiger charge is -2.26. The summed E-state index contributed by atoms with van der Waals surface area (Å²) in [6.07, 6.45) is 0. The fraction of sp³-hybridized carbons (Fsp3) is 0.350. The van der Waals surface area contributed by atoms with Crippen molar-refractivity contribution in [3.63, 3.8) is 0 Å². The molecule has 26 heavy (non-hydrogen) atoms. The number of rotatable bonds is 6. The summed E-state index contributed by atoms with van der Waals surface area (Å²) in [5.74, 6) is 0.663. The molecule has 0 fully saturated rings. The van der Waals surface area contributed by atoms with E-state index < -0.39 is 12.0 Å². The normalized spacial score (nSPS) is 11.3. The van der Waals surface area contributed by atoms with Gasteiger partial charge in [-0.3, -0.25) is 4.79 Å². The van der Waals surface area contributed by atoms with Crippen molar-refractivity contribution in [2.75, 3.05) is 11.9 Å². The fourth-order valence-corrected chi connectivity index (χ4v) is 2.38.